The summed E-state index contributed by atoms with van der Waals surface area (Å²) in [5, 5.41) is 0. The average molecular weight is 458 g/mol. The summed E-state index contributed by atoms with van der Waals surface area (Å²) in [6.07, 6.45) is 4.62. The molecule has 1 aliphatic carbocycles. The van der Waals surface area contributed by atoms with Crippen LogP contribution in [0.2, 0.25) is 0 Å². The molecule has 3 aliphatic rings. The molecule has 2 aliphatic heterocycles. The van der Waals surface area contributed by atoms with E-state index in [-0.39, 0.29) is 35.5 Å². The minimum absolute atomic E-state index is 0.0401. The van der Waals surface area contributed by atoms with Gasteiger partial charge in [0.1, 0.15) is 0 Å². The number of aryl methyl sites for hydroxylation is 1. The summed E-state index contributed by atoms with van der Waals surface area (Å²) >= 11 is 0. The lowest BCUT2D eigenvalue weighted by Crippen LogP contribution is -2.49. The fourth-order valence-electron chi connectivity index (χ4n) is 5.59. The van der Waals surface area contributed by atoms with Crippen molar-refractivity contribution in [2.45, 2.75) is 27.2 Å². The number of hydrogen-bond acceptors (Lipinski definition) is 4. The van der Waals surface area contributed by atoms with Crippen molar-refractivity contribution in [3.63, 3.8) is 0 Å². The van der Waals surface area contributed by atoms with Crippen LogP contribution in [0.4, 0.5) is 11.4 Å². The number of benzene rings is 2. The third-order valence-electron chi connectivity index (χ3n) is 7.71. The van der Waals surface area contributed by atoms with Crippen molar-refractivity contribution in [3.05, 3.63) is 71.3 Å². The summed E-state index contributed by atoms with van der Waals surface area (Å²) in [6.45, 7) is 9.05. The van der Waals surface area contributed by atoms with Gasteiger partial charge in [-0.3, -0.25) is 19.3 Å². The van der Waals surface area contributed by atoms with Gasteiger partial charge < -0.3 is 9.80 Å². The standard InChI is InChI=1S/C28H31N3O3/c1-18-7-5-12-24(20(18)3)29-13-15-30(16-14-29)26(32)21-9-6-10-22(17-21)31-27(33)23-11-4-8-19(2)25(23)28(31)34/h4-10,12,17,19,23,25H,11,13-16H2,1-3H3/t19-,23-,25+/m1/s1. The normalized spacial score (nSPS) is 24.6. The molecule has 2 aromatic carbocycles. The van der Waals surface area contributed by atoms with Crippen molar-refractivity contribution < 1.29 is 14.4 Å². The molecule has 3 atom stereocenters. The van der Waals surface area contributed by atoms with Gasteiger partial charge in [0.25, 0.3) is 5.91 Å². The molecule has 34 heavy (non-hydrogen) atoms. The number of carbonyl (C=O) groups excluding carboxylic acids is 3. The summed E-state index contributed by atoms with van der Waals surface area (Å²) < 4.78 is 0. The molecule has 2 heterocycles. The Labute approximate surface area is 200 Å². The molecular formula is C28H31N3O3. The lowest BCUT2D eigenvalue weighted by molar-refractivity contribution is -0.122. The van der Waals surface area contributed by atoms with E-state index in [0.717, 1.165) is 13.1 Å². The van der Waals surface area contributed by atoms with Gasteiger partial charge in [-0.15, -0.1) is 0 Å². The zero-order chi connectivity index (χ0) is 24.0. The van der Waals surface area contributed by atoms with Crippen LogP contribution in [0, 0.1) is 31.6 Å². The zero-order valence-electron chi connectivity index (χ0n) is 20.0. The fraction of sp³-hybridized carbons (Fsp3) is 0.393. The van der Waals surface area contributed by atoms with Gasteiger partial charge in [0.15, 0.2) is 0 Å². The first kappa shape index (κ1) is 22.4. The van der Waals surface area contributed by atoms with E-state index < -0.39 is 0 Å². The summed E-state index contributed by atoms with van der Waals surface area (Å²) in [6, 6.07) is 13.3. The Balaban J connectivity index is 1.31. The largest absolute Gasteiger partial charge is 0.368 e. The SMILES string of the molecule is Cc1cccc(N2CCN(C(=O)c3cccc(N4C(=O)[C@H]5[C@H](C)C=CC[C@H]5C4=O)c3)CC2)c1C. The lowest BCUT2D eigenvalue weighted by Gasteiger charge is -2.37. The third kappa shape index (κ3) is 3.71. The number of amides is 3. The summed E-state index contributed by atoms with van der Waals surface area (Å²) in [7, 11) is 0. The molecule has 0 radical (unpaired) electrons. The van der Waals surface area contributed by atoms with Crippen molar-refractivity contribution >= 4 is 29.1 Å². The van der Waals surface area contributed by atoms with Gasteiger partial charge in [0, 0.05) is 37.4 Å². The van der Waals surface area contributed by atoms with Gasteiger partial charge in [-0.1, -0.05) is 37.3 Å². The molecule has 0 bridgehead atoms. The van der Waals surface area contributed by atoms with Gasteiger partial charge in [-0.25, -0.2) is 0 Å². The minimum Gasteiger partial charge on any atom is -0.368 e. The van der Waals surface area contributed by atoms with Crippen LogP contribution in [0.1, 0.15) is 34.8 Å². The highest BCUT2D eigenvalue weighted by Crippen LogP contribution is 2.40. The van der Waals surface area contributed by atoms with E-state index in [1.165, 1.54) is 21.7 Å². The van der Waals surface area contributed by atoms with Gasteiger partial charge in [0.05, 0.1) is 17.5 Å². The van der Waals surface area contributed by atoms with Crippen LogP contribution in [0.15, 0.2) is 54.6 Å². The summed E-state index contributed by atoms with van der Waals surface area (Å²) in [4.78, 5) is 45.0. The molecule has 0 aromatic heterocycles. The number of imide groups is 1. The summed E-state index contributed by atoms with van der Waals surface area (Å²) in [5.41, 5.74) is 4.78. The van der Waals surface area contributed by atoms with Gasteiger partial charge in [0.2, 0.25) is 11.8 Å². The molecular weight excluding hydrogens is 426 g/mol. The zero-order valence-corrected chi connectivity index (χ0v) is 20.0. The van der Waals surface area contributed by atoms with Crippen LogP contribution in [0.25, 0.3) is 0 Å². The van der Waals surface area contributed by atoms with Crippen LogP contribution in [0.3, 0.4) is 0 Å². The molecule has 6 nitrogen and oxygen atoms in total. The Morgan fingerprint density at radius 3 is 2.41 bits per heavy atom. The van der Waals surface area contributed by atoms with E-state index in [4.69, 9.17) is 0 Å². The Kier molecular flexibility index (Phi) is 5.76. The number of hydrogen-bond donors (Lipinski definition) is 0. The van der Waals surface area contributed by atoms with Crippen molar-refractivity contribution in [1.29, 1.82) is 0 Å². The number of anilines is 2. The second kappa shape index (κ2) is 8.75. The molecule has 2 saturated heterocycles. The first-order valence-corrected chi connectivity index (χ1v) is 12.1. The molecule has 0 N–H and O–H groups in total. The smallest absolute Gasteiger partial charge is 0.254 e. The van der Waals surface area contributed by atoms with Crippen LogP contribution < -0.4 is 9.80 Å². The van der Waals surface area contributed by atoms with Crippen molar-refractivity contribution in [3.8, 4) is 0 Å². The highest BCUT2D eigenvalue weighted by Gasteiger charge is 2.50. The number of allylic oxidation sites excluding steroid dienone is 2. The van der Waals surface area contributed by atoms with Crippen LogP contribution in [0.5, 0.6) is 0 Å². The van der Waals surface area contributed by atoms with Crippen LogP contribution in [-0.2, 0) is 9.59 Å². The Morgan fingerprint density at radius 1 is 0.941 bits per heavy atom. The fourth-order valence-corrected chi connectivity index (χ4v) is 5.59. The second-order valence-corrected chi connectivity index (χ2v) is 9.72. The molecule has 176 valence electrons. The van der Waals surface area contributed by atoms with E-state index in [1.54, 1.807) is 24.3 Å². The van der Waals surface area contributed by atoms with Crippen LogP contribution >= 0.6 is 0 Å². The Hall–Kier alpha value is -3.41. The first-order valence-electron chi connectivity index (χ1n) is 12.1. The monoisotopic (exact) mass is 457 g/mol. The lowest BCUT2D eigenvalue weighted by atomic mass is 9.78. The van der Waals surface area contributed by atoms with E-state index in [1.807, 2.05) is 24.0 Å². The Morgan fingerprint density at radius 2 is 1.68 bits per heavy atom. The molecule has 2 aromatic rings. The number of fused-ring (bicyclic) bond motifs is 1. The number of nitrogens with zero attached hydrogens (tertiary/aromatic N) is 3. The van der Waals surface area contributed by atoms with E-state index in [0.29, 0.717) is 30.8 Å². The summed E-state index contributed by atoms with van der Waals surface area (Å²) in [5.74, 6) is -0.941. The predicted molar refractivity (Wildman–Crippen MR) is 133 cm³/mol. The van der Waals surface area contributed by atoms with Gasteiger partial charge in [-0.2, -0.15) is 0 Å². The number of piperazine rings is 1. The van der Waals surface area contributed by atoms with Crippen molar-refractivity contribution in [2.75, 3.05) is 36.0 Å². The molecule has 3 amide bonds. The predicted octanol–water partition coefficient (Wildman–Crippen LogP) is 3.97. The minimum atomic E-state index is -0.310. The molecule has 6 heteroatoms. The van der Waals surface area contributed by atoms with E-state index in [9.17, 15) is 14.4 Å². The number of rotatable bonds is 3. The second-order valence-electron chi connectivity index (χ2n) is 9.72. The van der Waals surface area contributed by atoms with Gasteiger partial charge >= 0.3 is 0 Å². The third-order valence-corrected chi connectivity index (χ3v) is 7.71. The topological polar surface area (TPSA) is 60.9 Å². The highest BCUT2D eigenvalue weighted by atomic mass is 16.2. The maximum absolute atomic E-state index is 13.3. The van der Waals surface area contributed by atoms with Crippen molar-refractivity contribution in [2.24, 2.45) is 17.8 Å². The molecule has 0 spiro atoms. The molecule has 0 unspecified atom stereocenters. The van der Waals surface area contributed by atoms with E-state index in [2.05, 4.69) is 36.9 Å². The maximum Gasteiger partial charge on any atom is 0.254 e. The number of carbonyl (C=O) groups is 3. The first-order chi connectivity index (χ1) is 16.4. The van der Waals surface area contributed by atoms with Gasteiger partial charge in [-0.05, 0) is 61.6 Å². The van der Waals surface area contributed by atoms with E-state index >= 15 is 0 Å². The highest BCUT2D eigenvalue weighted by molar-refractivity contribution is 6.22. The van der Waals surface area contributed by atoms with Crippen LogP contribution in [-0.4, -0.2) is 48.8 Å². The molecule has 5 rings (SSSR count). The Bertz CT molecular complexity index is 1180. The maximum atomic E-state index is 13.3. The van der Waals surface area contributed by atoms with Crippen molar-refractivity contribution in [1.82, 2.24) is 4.90 Å². The molecule has 2 fully saturated rings. The molecule has 0 saturated carbocycles. The quantitative estimate of drug-likeness (QED) is 0.517. The average Bonchev–Trinajstić information content (AvgIpc) is 3.11.